The Kier molecular flexibility index (Phi) is 9.87. The summed E-state index contributed by atoms with van der Waals surface area (Å²) < 4.78 is 72.2. The first-order chi connectivity index (χ1) is 23.2. The lowest BCUT2D eigenvalue weighted by molar-refractivity contribution is -0.174. The van der Waals surface area contributed by atoms with E-state index in [4.69, 9.17) is 18.6 Å². The fourth-order valence-electron chi connectivity index (χ4n) is 6.83. The van der Waals surface area contributed by atoms with Crippen LogP contribution in [0.5, 0.6) is 0 Å². The van der Waals surface area contributed by atoms with Gasteiger partial charge in [0.05, 0.1) is 39.2 Å². The number of rotatable bonds is 10. The number of benzene rings is 2. The average molecular weight is 746 g/mol. The van der Waals surface area contributed by atoms with Crippen molar-refractivity contribution in [1.82, 2.24) is 0 Å². The number of carbonyl (C=O) groups is 3. The van der Waals surface area contributed by atoms with Crippen molar-refractivity contribution in [2.24, 2.45) is 15.1 Å². The predicted octanol–water partition coefficient (Wildman–Crippen LogP) is 6.04. The molecule has 14 heteroatoms. The largest absolute Gasteiger partial charge is 0.541 e. The number of sulfonamides is 1. The molecule has 0 radical (unpaired) electrons. The number of ether oxygens (including phenoxy) is 3. The molecule has 5 atom stereocenters. The molecule has 50 heavy (non-hydrogen) atoms. The summed E-state index contributed by atoms with van der Waals surface area (Å²) in [5.74, 6) is -3.55. The standard InChI is InChI=1S/C36H47NO10S2Si/c1-10-44-32(39)35(33(40)45-11-2)21-27-30(28-20-29(31(38)36(27,22-35)46-28)47-50(8,9)34(5,6)7)48(41,25-16-12-23(3)13-17-25)37-49(42,43)26-18-14-24(4)15-19-26/h12-20,27-28,30H,10-11,21-22H2,1-9H3/t27-,28-,30-,36-,48?/m0/s1. The minimum Gasteiger partial charge on any atom is -0.541 e. The molecule has 2 fully saturated rings. The van der Waals surface area contributed by atoms with Crippen molar-refractivity contribution in [3.05, 3.63) is 71.5 Å². The molecule has 3 aliphatic rings. The van der Waals surface area contributed by atoms with Crippen LogP contribution in [0.1, 0.15) is 58.6 Å². The van der Waals surface area contributed by atoms with Gasteiger partial charge in [0.2, 0.25) is 5.78 Å². The molecule has 1 unspecified atom stereocenters. The van der Waals surface area contributed by atoms with Crippen molar-refractivity contribution in [1.29, 1.82) is 0 Å². The van der Waals surface area contributed by atoms with Gasteiger partial charge in [-0.2, -0.15) is 8.42 Å². The van der Waals surface area contributed by atoms with Gasteiger partial charge < -0.3 is 18.6 Å². The number of esters is 2. The molecule has 2 aliphatic heterocycles. The van der Waals surface area contributed by atoms with E-state index in [1.165, 1.54) is 18.2 Å². The number of fused-ring (bicyclic) bond motifs is 1. The van der Waals surface area contributed by atoms with Crippen molar-refractivity contribution in [2.45, 2.75) is 106 Å². The van der Waals surface area contributed by atoms with Crippen LogP contribution in [-0.2, 0) is 52.8 Å². The molecule has 2 heterocycles. The second-order valence-electron chi connectivity index (χ2n) is 14.9. The Bertz CT molecular complexity index is 1940. The van der Waals surface area contributed by atoms with E-state index in [0.29, 0.717) is 0 Å². The zero-order valence-corrected chi connectivity index (χ0v) is 32.7. The summed E-state index contributed by atoms with van der Waals surface area (Å²) in [7, 11) is -11.3. The average Bonchev–Trinajstić information content (AvgIpc) is 3.48. The van der Waals surface area contributed by atoms with Gasteiger partial charge in [0.25, 0.3) is 18.3 Å². The fraction of sp³-hybridized carbons (Fsp3) is 0.528. The first-order valence-corrected chi connectivity index (χ1v) is 22.7. The number of nitrogens with zero attached hydrogens (tertiary/aromatic N) is 1. The molecular weight excluding hydrogens is 699 g/mol. The number of Topliss-reactive ketones (excluding diaryl/α,β-unsaturated/α-hetero) is 1. The van der Waals surface area contributed by atoms with E-state index in [2.05, 4.69) is 3.77 Å². The summed E-state index contributed by atoms with van der Waals surface area (Å²) in [5, 5.41) is -1.62. The van der Waals surface area contributed by atoms with Crippen LogP contribution in [0, 0.1) is 25.2 Å². The summed E-state index contributed by atoms with van der Waals surface area (Å²) >= 11 is 0. The smallest absolute Gasteiger partial charge is 0.323 e. The van der Waals surface area contributed by atoms with Crippen LogP contribution in [0.15, 0.2) is 73.9 Å². The highest BCUT2D eigenvalue weighted by Gasteiger charge is 2.76. The van der Waals surface area contributed by atoms with Gasteiger partial charge >= 0.3 is 11.9 Å². The summed E-state index contributed by atoms with van der Waals surface area (Å²) in [6.45, 7) is 16.7. The number of hydrogen-bond acceptors (Lipinski definition) is 10. The molecule has 1 saturated carbocycles. The fourth-order valence-corrected chi connectivity index (χ4v) is 12.7. The highest BCUT2D eigenvalue weighted by atomic mass is 32.3. The topological polar surface area (TPSA) is 152 Å². The van der Waals surface area contributed by atoms with Crippen LogP contribution >= 0.6 is 0 Å². The minimum atomic E-state index is -4.56. The maximum atomic E-state index is 15.9. The highest BCUT2D eigenvalue weighted by Crippen LogP contribution is 2.62. The van der Waals surface area contributed by atoms with Gasteiger partial charge in [-0.1, -0.05) is 56.2 Å². The van der Waals surface area contributed by atoms with Crippen LogP contribution in [0.25, 0.3) is 0 Å². The highest BCUT2D eigenvalue weighted by molar-refractivity contribution is 8.03. The van der Waals surface area contributed by atoms with Gasteiger partial charge in [-0.15, -0.1) is 3.77 Å². The lowest BCUT2D eigenvalue weighted by Crippen LogP contribution is -2.50. The molecule has 1 saturated heterocycles. The molecule has 11 nitrogen and oxygen atoms in total. The van der Waals surface area contributed by atoms with Crippen LogP contribution in [-0.4, -0.2) is 68.8 Å². The van der Waals surface area contributed by atoms with Gasteiger partial charge in [-0.25, -0.2) is 4.21 Å². The predicted molar refractivity (Wildman–Crippen MR) is 190 cm³/mol. The molecule has 0 N–H and O–H groups in total. The van der Waals surface area contributed by atoms with Crippen LogP contribution < -0.4 is 0 Å². The lowest BCUT2D eigenvalue weighted by Gasteiger charge is -2.40. The van der Waals surface area contributed by atoms with Crippen molar-refractivity contribution in [2.75, 3.05) is 13.2 Å². The molecule has 272 valence electrons. The Labute approximate surface area is 296 Å². The summed E-state index contributed by atoms with van der Waals surface area (Å²) in [6, 6.07) is 12.5. The first-order valence-electron chi connectivity index (χ1n) is 16.8. The quantitative estimate of drug-likeness (QED) is 0.160. The molecule has 2 bridgehead atoms. The van der Waals surface area contributed by atoms with E-state index in [0.717, 1.165) is 11.1 Å². The van der Waals surface area contributed by atoms with Crippen molar-refractivity contribution in [3.63, 3.8) is 0 Å². The summed E-state index contributed by atoms with van der Waals surface area (Å²) in [6.07, 6.45) is -0.442. The maximum absolute atomic E-state index is 15.9. The van der Waals surface area contributed by atoms with E-state index < -0.39 is 80.5 Å². The Morgan fingerprint density at radius 1 is 0.900 bits per heavy atom. The van der Waals surface area contributed by atoms with Gasteiger partial charge in [-0.3, -0.25) is 14.4 Å². The van der Waals surface area contributed by atoms with E-state index >= 15 is 4.21 Å². The normalized spacial score (nSPS) is 25.6. The molecular formula is C36H47NO10S2Si. The molecule has 2 aromatic rings. The van der Waals surface area contributed by atoms with Crippen molar-refractivity contribution in [3.8, 4) is 0 Å². The molecule has 0 aromatic heterocycles. The maximum Gasteiger partial charge on any atom is 0.323 e. The lowest BCUT2D eigenvalue weighted by atomic mass is 9.82. The van der Waals surface area contributed by atoms with Crippen LogP contribution in [0.2, 0.25) is 18.1 Å². The molecule has 5 rings (SSSR count). The minimum absolute atomic E-state index is 0.0177. The summed E-state index contributed by atoms with van der Waals surface area (Å²) in [4.78, 5) is 42.3. The van der Waals surface area contributed by atoms with E-state index in [-0.39, 0.29) is 40.2 Å². The number of hydrogen-bond donors (Lipinski definition) is 0. The number of carbonyl (C=O) groups excluding carboxylic acids is 3. The third-order valence-electron chi connectivity index (χ3n) is 10.5. The summed E-state index contributed by atoms with van der Waals surface area (Å²) in [5.41, 5.74) is -2.24. The molecule has 0 amide bonds. The monoisotopic (exact) mass is 745 g/mol. The van der Waals surface area contributed by atoms with Gasteiger partial charge in [0.1, 0.15) is 11.4 Å². The Hall–Kier alpha value is -3.33. The zero-order valence-electron chi connectivity index (χ0n) is 30.1. The van der Waals surface area contributed by atoms with E-state index in [1.54, 1.807) is 50.2 Å². The van der Waals surface area contributed by atoms with Crippen LogP contribution in [0.4, 0.5) is 0 Å². The van der Waals surface area contributed by atoms with Gasteiger partial charge in [-0.05, 0) is 82.6 Å². The third kappa shape index (κ3) is 6.26. The first kappa shape index (κ1) is 37.9. The Morgan fingerprint density at radius 3 is 1.88 bits per heavy atom. The molecule has 1 spiro atoms. The second kappa shape index (κ2) is 13.0. The van der Waals surface area contributed by atoms with Crippen molar-refractivity contribution < 1.29 is 45.6 Å². The third-order valence-corrected chi connectivity index (χ3v) is 19.6. The van der Waals surface area contributed by atoms with E-state index in [9.17, 15) is 22.8 Å². The van der Waals surface area contributed by atoms with Gasteiger partial charge in [0, 0.05) is 17.2 Å². The Balaban J connectivity index is 1.81. The molecule has 1 aliphatic carbocycles. The van der Waals surface area contributed by atoms with Crippen LogP contribution in [0.3, 0.4) is 0 Å². The number of ketones is 1. The number of aryl methyl sites for hydroxylation is 2. The van der Waals surface area contributed by atoms with E-state index in [1.807, 2.05) is 47.7 Å². The van der Waals surface area contributed by atoms with Crippen molar-refractivity contribution >= 4 is 45.8 Å². The zero-order chi connectivity index (χ0) is 37.1. The van der Waals surface area contributed by atoms with Gasteiger partial charge in [0.15, 0.2) is 5.41 Å². The Morgan fingerprint density at radius 2 is 1.40 bits per heavy atom. The SMILES string of the molecule is CCOC(=O)C1(C(=O)OCC)C[C@H]2[C@H](S(=O)(=NS(=O)(=O)c3ccc(C)cc3)c3ccc(C)cc3)[C@@H]3C=C(O[Si](C)(C)C(C)(C)C)C(=O)[C@@]2(C1)O3. The molecule has 2 aromatic carbocycles. The second-order valence-corrected chi connectivity index (χ2v) is 23.8.